The molecule has 16 heavy (non-hydrogen) atoms. The number of hydrogen-bond acceptors (Lipinski definition) is 3. The van der Waals surface area contributed by atoms with Crippen LogP contribution in [0.25, 0.3) is 0 Å². The molecule has 1 aliphatic heterocycles. The molecule has 0 aromatic heterocycles. The largest absolute Gasteiger partial charge is 0.359 e. The zero-order valence-corrected chi connectivity index (χ0v) is 11.3. The third kappa shape index (κ3) is 2.95. The lowest BCUT2D eigenvalue weighted by molar-refractivity contribution is 0.260. The number of nitrogens with zero attached hydrogens (tertiary/aromatic N) is 1. The van der Waals surface area contributed by atoms with Gasteiger partial charge in [0.2, 0.25) is 0 Å². The first-order valence-electron chi connectivity index (χ1n) is 5.14. The Morgan fingerprint density at radius 1 is 1.69 bits per heavy atom. The van der Waals surface area contributed by atoms with Crippen LogP contribution in [-0.4, -0.2) is 49.1 Å². The average Bonchev–Trinajstić information content (AvgIpc) is 2.49. The van der Waals surface area contributed by atoms with Gasteiger partial charge in [0.1, 0.15) is 0 Å². The Hall–Kier alpha value is -0.620. The highest BCUT2D eigenvalue weighted by atomic mass is 32.2. The minimum atomic E-state index is -2.90. The first-order valence-corrected chi connectivity index (χ1v) is 7.37. The maximum atomic E-state index is 11.5. The van der Waals surface area contributed by atoms with Crippen LogP contribution in [0.5, 0.6) is 0 Å². The molecule has 0 bridgehead atoms. The van der Waals surface area contributed by atoms with Gasteiger partial charge in [0.25, 0.3) is 0 Å². The summed E-state index contributed by atoms with van der Waals surface area (Å²) < 4.78 is 23.0. The molecule has 0 aromatic rings. The van der Waals surface area contributed by atoms with Crippen LogP contribution >= 0.6 is 12.2 Å². The van der Waals surface area contributed by atoms with E-state index >= 15 is 0 Å². The van der Waals surface area contributed by atoms with Crippen molar-refractivity contribution >= 4 is 27.2 Å². The van der Waals surface area contributed by atoms with Gasteiger partial charge in [-0.15, -0.1) is 6.58 Å². The van der Waals surface area contributed by atoms with E-state index < -0.39 is 9.84 Å². The van der Waals surface area contributed by atoms with E-state index in [9.17, 15) is 8.42 Å². The highest BCUT2D eigenvalue weighted by Gasteiger charge is 2.42. The van der Waals surface area contributed by atoms with Gasteiger partial charge in [-0.3, -0.25) is 0 Å². The summed E-state index contributed by atoms with van der Waals surface area (Å²) in [7, 11) is -1.07. The fourth-order valence-corrected chi connectivity index (χ4v) is 4.27. The van der Waals surface area contributed by atoms with Gasteiger partial charge in [-0.05, 0) is 25.6 Å². The molecule has 1 N–H and O–H groups in total. The SMILES string of the molecule is C=CCNC(=S)N(C)[C@]1(C)CCS(=O)(=O)C1. The molecule has 1 heterocycles. The average molecular weight is 262 g/mol. The summed E-state index contributed by atoms with van der Waals surface area (Å²) in [5.74, 6) is 0.421. The summed E-state index contributed by atoms with van der Waals surface area (Å²) in [6.07, 6.45) is 2.34. The zero-order chi connectivity index (χ0) is 12.4. The normalized spacial score (nSPS) is 27.4. The van der Waals surface area contributed by atoms with Crippen molar-refractivity contribution in [3.63, 3.8) is 0 Å². The van der Waals surface area contributed by atoms with Crippen molar-refractivity contribution in [2.45, 2.75) is 18.9 Å². The molecule has 0 aliphatic carbocycles. The predicted octanol–water partition coefficient (Wildman–Crippen LogP) is 0.556. The van der Waals surface area contributed by atoms with Gasteiger partial charge in [-0.1, -0.05) is 6.08 Å². The van der Waals surface area contributed by atoms with Crippen LogP contribution in [0.3, 0.4) is 0 Å². The highest BCUT2D eigenvalue weighted by molar-refractivity contribution is 7.91. The Balaban J connectivity index is 2.70. The van der Waals surface area contributed by atoms with Gasteiger partial charge in [0, 0.05) is 13.6 Å². The number of hydrogen-bond donors (Lipinski definition) is 1. The Labute approximate surface area is 103 Å². The van der Waals surface area contributed by atoms with E-state index in [2.05, 4.69) is 11.9 Å². The number of sulfone groups is 1. The van der Waals surface area contributed by atoms with Crippen LogP contribution < -0.4 is 5.32 Å². The molecule has 4 nitrogen and oxygen atoms in total. The van der Waals surface area contributed by atoms with Crippen molar-refractivity contribution in [1.29, 1.82) is 0 Å². The summed E-state index contributed by atoms with van der Waals surface area (Å²) >= 11 is 5.20. The van der Waals surface area contributed by atoms with Crippen molar-refractivity contribution in [1.82, 2.24) is 10.2 Å². The Bertz CT molecular complexity index is 392. The zero-order valence-electron chi connectivity index (χ0n) is 9.69. The summed E-state index contributed by atoms with van der Waals surface area (Å²) in [5, 5.41) is 3.58. The van der Waals surface area contributed by atoms with E-state index in [0.29, 0.717) is 18.1 Å². The van der Waals surface area contributed by atoms with Crippen LogP contribution in [0.4, 0.5) is 0 Å². The second-order valence-corrected chi connectivity index (χ2v) is 6.94. The molecule has 6 heteroatoms. The third-order valence-electron chi connectivity index (χ3n) is 2.99. The first-order chi connectivity index (χ1) is 7.31. The second kappa shape index (κ2) is 4.71. The molecule has 1 rings (SSSR count). The van der Waals surface area contributed by atoms with E-state index in [1.807, 2.05) is 18.9 Å². The van der Waals surface area contributed by atoms with Crippen LogP contribution in [0.2, 0.25) is 0 Å². The summed E-state index contributed by atoms with van der Waals surface area (Å²) in [6.45, 7) is 6.11. The first kappa shape index (κ1) is 13.4. The molecule has 1 fully saturated rings. The standard InChI is InChI=1S/C10H18N2O2S2/c1-4-6-11-9(15)12(3)10(2)5-7-16(13,14)8-10/h4H,1,5-8H2,2-3H3,(H,11,15)/t10-/m1/s1. The van der Waals surface area contributed by atoms with Gasteiger partial charge in [0.05, 0.1) is 17.0 Å². The fourth-order valence-electron chi connectivity index (χ4n) is 1.78. The maximum absolute atomic E-state index is 11.5. The molecule has 1 aliphatic rings. The number of thiocarbonyl (C=S) groups is 1. The lowest BCUT2D eigenvalue weighted by Gasteiger charge is -2.36. The predicted molar refractivity (Wildman–Crippen MR) is 70.2 cm³/mol. The molecule has 1 saturated heterocycles. The topological polar surface area (TPSA) is 49.4 Å². The lowest BCUT2D eigenvalue weighted by atomic mass is 10.0. The quantitative estimate of drug-likeness (QED) is 0.595. The molecule has 0 aromatic carbocycles. The van der Waals surface area contributed by atoms with Gasteiger partial charge < -0.3 is 10.2 Å². The highest BCUT2D eigenvalue weighted by Crippen LogP contribution is 2.28. The molecular formula is C10H18N2O2S2. The lowest BCUT2D eigenvalue weighted by Crippen LogP contribution is -2.52. The van der Waals surface area contributed by atoms with E-state index in [-0.39, 0.29) is 17.0 Å². The molecule has 0 unspecified atom stereocenters. The Kier molecular flexibility index (Phi) is 3.96. The monoisotopic (exact) mass is 262 g/mol. The van der Waals surface area contributed by atoms with Crippen LogP contribution in [0, 0.1) is 0 Å². The molecule has 92 valence electrons. The van der Waals surface area contributed by atoms with E-state index in [4.69, 9.17) is 12.2 Å². The minimum absolute atomic E-state index is 0.173. The van der Waals surface area contributed by atoms with Gasteiger partial charge >= 0.3 is 0 Å². The van der Waals surface area contributed by atoms with Crippen LogP contribution in [0.15, 0.2) is 12.7 Å². The smallest absolute Gasteiger partial charge is 0.169 e. The summed E-state index contributed by atoms with van der Waals surface area (Å²) in [6, 6.07) is 0. The van der Waals surface area contributed by atoms with Gasteiger partial charge in [-0.25, -0.2) is 8.42 Å². The van der Waals surface area contributed by atoms with E-state index in [0.717, 1.165) is 0 Å². The molecule has 0 saturated carbocycles. The number of nitrogens with one attached hydrogen (secondary N) is 1. The molecule has 0 amide bonds. The maximum Gasteiger partial charge on any atom is 0.169 e. The van der Waals surface area contributed by atoms with E-state index in [1.165, 1.54) is 0 Å². The van der Waals surface area contributed by atoms with Crippen LogP contribution in [0.1, 0.15) is 13.3 Å². The Morgan fingerprint density at radius 2 is 2.31 bits per heavy atom. The summed E-state index contributed by atoms with van der Waals surface area (Å²) in [5.41, 5.74) is -0.385. The van der Waals surface area contributed by atoms with Crippen molar-refractivity contribution in [3.05, 3.63) is 12.7 Å². The third-order valence-corrected chi connectivity index (χ3v) is 5.30. The van der Waals surface area contributed by atoms with Crippen molar-refractivity contribution in [3.8, 4) is 0 Å². The minimum Gasteiger partial charge on any atom is -0.359 e. The molecular weight excluding hydrogens is 244 g/mol. The van der Waals surface area contributed by atoms with Crippen molar-refractivity contribution < 1.29 is 8.42 Å². The van der Waals surface area contributed by atoms with Crippen molar-refractivity contribution in [2.75, 3.05) is 25.1 Å². The van der Waals surface area contributed by atoms with Crippen LogP contribution in [-0.2, 0) is 9.84 Å². The second-order valence-electron chi connectivity index (χ2n) is 4.37. The number of rotatable bonds is 3. The fraction of sp³-hybridized carbons (Fsp3) is 0.700. The Morgan fingerprint density at radius 3 is 2.75 bits per heavy atom. The van der Waals surface area contributed by atoms with Crippen molar-refractivity contribution in [2.24, 2.45) is 0 Å². The molecule has 0 spiro atoms. The molecule has 1 atom stereocenters. The van der Waals surface area contributed by atoms with Gasteiger partial charge in [-0.2, -0.15) is 0 Å². The van der Waals surface area contributed by atoms with E-state index in [1.54, 1.807) is 6.08 Å². The summed E-state index contributed by atoms with van der Waals surface area (Å²) in [4.78, 5) is 1.84. The van der Waals surface area contributed by atoms with Gasteiger partial charge in [0.15, 0.2) is 14.9 Å². The molecule has 0 radical (unpaired) electrons.